The summed E-state index contributed by atoms with van der Waals surface area (Å²) >= 11 is 1.40. The molecule has 0 aromatic heterocycles. The first-order valence-electron chi connectivity index (χ1n) is 15.3. The van der Waals surface area contributed by atoms with Crippen molar-refractivity contribution in [1.82, 2.24) is 0 Å². The Morgan fingerprint density at radius 3 is 1.55 bits per heavy atom. The first-order chi connectivity index (χ1) is 19.1. The van der Waals surface area contributed by atoms with Crippen LogP contribution in [0.1, 0.15) is 142 Å². The van der Waals surface area contributed by atoms with E-state index in [2.05, 4.69) is 11.4 Å². The van der Waals surface area contributed by atoms with Crippen LogP contribution in [0.2, 0.25) is 0 Å². The van der Waals surface area contributed by atoms with Crippen LogP contribution >= 0.6 is 19.6 Å². The Balaban J connectivity index is -0.00000760. The van der Waals surface area contributed by atoms with Crippen molar-refractivity contribution in [3.8, 4) is 0 Å². The molecule has 0 unspecified atom stereocenters. The second-order valence-electron chi connectivity index (χ2n) is 10.4. The fourth-order valence-corrected chi connectivity index (χ4v) is 5.18. The van der Waals surface area contributed by atoms with Crippen LogP contribution in [0.5, 0.6) is 0 Å². The number of hydrogen-bond donors (Lipinski definition) is 0. The summed E-state index contributed by atoms with van der Waals surface area (Å²) in [5.74, 6) is -0.0762. The first kappa shape index (κ1) is 47.5. The minimum Gasteiger partial charge on any atom is -0.790 e. The van der Waals surface area contributed by atoms with E-state index >= 15 is 0 Å². The summed E-state index contributed by atoms with van der Waals surface area (Å²) in [7, 11) is -5.24. The minimum atomic E-state index is -5.24. The van der Waals surface area contributed by atoms with E-state index in [1.54, 1.807) is 6.92 Å². The maximum absolute atomic E-state index is 12.2. The zero-order chi connectivity index (χ0) is 29.9. The number of thioether (sulfide) groups is 1. The van der Waals surface area contributed by atoms with E-state index in [0.29, 0.717) is 12.8 Å². The molecule has 0 rings (SSSR count). The Morgan fingerprint density at radius 1 is 0.667 bits per heavy atom. The van der Waals surface area contributed by atoms with E-state index in [-0.39, 0.29) is 83.7 Å². The zero-order valence-electron chi connectivity index (χ0n) is 26.9. The number of carbonyl (C=O) groups excluding carboxylic acids is 3. The molecule has 1 atom stereocenters. The Labute approximate surface area is 303 Å². The van der Waals surface area contributed by atoms with E-state index in [1.807, 2.05) is 0 Å². The van der Waals surface area contributed by atoms with Gasteiger partial charge in [0.2, 0.25) is 0 Å². The van der Waals surface area contributed by atoms with Gasteiger partial charge in [-0.3, -0.25) is 14.4 Å². The van der Waals surface area contributed by atoms with Crippen LogP contribution in [0.4, 0.5) is 0 Å². The molecule has 42 heavy (non-hydrogen) atoms. The summed E-state index contributed by atoms with van der Waals surface area (Å²) in [4.78, 5) is 56.8. The van der Waals surface area contributed by atoms with Gasteiger partial charge in [-0.15, -0.1) is 0 Å². The zero-order valence-corrected chi connectivity index (χ0v) is 32.6. The van der Waals surface area contributed by atoms with Gasteiger partial charge >= 0.3 is 71.1 Å². The van der Waals surface area contributed by atoms with Crippen molar-refractivity contribution in [3.63, 3.8) is 0 Å². The van der Waals surface area contributed by atoms with Crippen molar-refractivity contribution in [3.05, 3.63) is 0 Å². The van der Waals surface area contributed by atoms with Crippen LogP contribution < -0.4 is 68.9 Å². The molecule has 0 fully saturated rings. The summed E-state index contributed by atoms with van der Waals surface area (Å²) in [5, 5.41) is 0.186. The van der Waals surface area contributed by atoms with Crippen molar-refractivity contribution in [1.29, 1.82) is 0 Å². The molecule has 0 aromatic rings. The smallest absolute Gasteiger partial charge is 0.790 e. The van der Waals surface area contributed by atoms with Gasteiger partial charge in [-0.25, -0.2) is 0 Å². The molecule has 236 valence electrons. The molecule has 0 saturated carbocycles. The number of phosphoric ester groups is 1. The van der Waals surface area contributed by atoms with Crippen LogP contribution in [0, 0.1) is 0 Å². The van der Waals surface area contributed by atoms with Crippen molar-refractivity contribution in [2.75, 3.05) is 19.0 Å². The van der Waals surface area contributed by atoms with E-state index in [4.69, 9.17) is 9.47 Å². The normalized spacial score (nSPS) is 11.7. The molecule has 9 nitrogen and oxygen atoms in total. The molecule has 0 radical (unpaired) electrons. The summed E-state index contributed by atoms with van der Waals surface area (Å²) in [5.41, 5.74) is 0. The molecule has 0 amide bonds. The van der Waals surface area contributed by atoms with Crippen LogP contribution in [0.15, 0.2) is 0 Å². The van der Waals surface area contributed by atoms with Gasteiger partial charge in [-0.05, 0) is 19.3 Å². The van der Waals surface area contributed by atoms with Gasteiger partial charge < -0.3 is 28.3 Å². The van der Waals surface area contributed by atoms with Crippen LogP contribution in [0.25, 0.3) is 0 Å². The van der Waals surface area contributed by atoms with Gasteiger partial charge in [-0.1, -0.05) is 115 Å². The summed E-state index contributed by atoms with van der Waals surface area (Å²) in [6.45, 7) is 2.76. The van der Waals surface area contributed by atoms with Crippen molar-refractivity contribution in [2.45, 2.75) is 148 Å². The topological polar surface area (TPSA) is 142 Å². The van der Waals surface area contributed by atoms with Crippen LogP contribution in [0.3, 0.4) is 0 Å². The number of ether oxygens (including phenoxy) is 2. The third kappa shape index (κ3) is 37.3. The number of phosphoric acid groups is 1. The Kier molecular flexibility index (Phi) is 37.8. The second-order valence-corrected chi connectivity index (χ2v) is 12.8. The molecule has 0 aliphatic carbocycles. The Bertz CT molecular complexity index is 711. The van der Waals surface area contributed by atoms with Crippen LogP contribution in [-0.2, 0) is 32.9 Å². The third-order valence-electron chi connectivity index (χ3n) is 6.46. The van der Waals surface area contributed by atoms with Gasteiger partial charge in [0.15, 0.2) is 11.2 Å². The van der Waals surface area contributed by atoms with Gasteiger partial charge in [0.25, 0.3) is 0 Å². The number of hydrogen-bond acceptors (Lipinski definition) is 10. The largest absolute Gasteiger partial charge is 1.00 e. The Morgan fingerprint density at radius 2 is 1.10 bits per heavy atom. The molecule has 0 aliphatic rings. The molecular formula is C29H53Na2O9PS. The van der Waals surface area contributed by atoms with E-state index < -0.39 is 32.5 Å². The quantitative estimate of drug-likeness (QED) is 0.0504. The van der Waals surface area contributed by atoms with Gasteiger partial charge in [0.1, 0.15) is 6.61 Å². The molecule has 0 heterocycles. The predicted octanol–water partition coefficient (Wildman–Crippen LogP) is 0.396. The molecule has 0 bridgehead atoms. The van der Waals surface area contributed by atoms with Gasteiger partial charge in [0.05, 0.1) is 14.4 Å². The molecule has 0 spiro atoms. The maximum Gasteiger partial charge on any atom is 1.00 e. The number of carbonyl (C=O) groups is 3. The van der Waals surface area contributed by atoms with Crippen molar-refractivity contribution in [2.24, 2.45) is 0 Å². The summed E-state index contributed by atoms with van der Waals surface area (Å²) < 4.78 is 25.5. The fraction of sp³-hybridized carbons (Fsp3) is 0.897. The first-order valence-corrected chi connectivity index (χ1v) is 17.7. The molecule has 13 heteroatoms. The molecular weight excluding hydrogens is 601 g/mol. The predicted molar refractivity (Wildman–Crippen MR) is 156 cm³/mol. The molecule has 0 N–H and O–H groups in total. The average Bonchev–Trinajstić information content (AvgIpc) is 2.89. The van der Waals surface area contributed by atoms with E-state index in [0.717, 1.165) is 50.7 Å². The average molecular weight is 655 g/mol. The van der Waals surface area contributed by atoms with Crippen molar-refractivity contribution < 1.29 is 102 Å². The third-order valence-corrected chi connectivity index (χ3v) is 7.83. The van der Waals surface area contributed by atoms with E-state index in [9.17, 15) is 28.7 Å². The summed E-state index contributed by atoms with van der Waals surface area (Å²) in [6.07, 6.45) is 18.6. The summed E-state index contributed by atoms with van der Waals surface area (Å²) in [6, 6.07) is 0. The van der Waals surface area contributed by atoms with E-state index in [1.165, 1.54) is 69.5 Å². The standard InChI is InChI=1S/C29H55O9PS.2Na/c1-3-4-5-6-7-12-16-19-22-29(32)38-27(25-37-39(33,34)35)24-36-28(31)21-18-15-13-10-8-9-11-14-17-20-23-40-26(2)30;;/h27H,3-25H2,1-2H3,(H2,33,34,35);;/q;2*+1/p-2/t27-;;/m0../s1. The maximum atomic E-state index is 12.2. The van der Waals surface area contributed by atoms with Gasteiger partial charge in [0, 0.05) is 25.5 Å². The van der Waals surface area contributed by atoms with Crippen LogP contribution in [-0.4, -0.2) is 42.1 Å². The fourth-order valence-electron chi connectivity index (χ4n) is 4.20. The molecule has 0 aliphatic heterocycles. The van der Waals surface area contributed by atoms with Crippen molar-refractivity contribution >= 4 is 36.6 Å². The number of esters is 2. The van der Waals surface area contributed by atoms with Gasteiger partial charge in [-0.2, -0.15) is 0 Å². The second kappa shape index (κ2) is 33.4. The number of rotatable bonds is 28. The molecule has 0 aromatic carbocycles. The minimum absolute atomic E-state index is 0. The SMILES string of the molecule is CCCCCCCCCCC(=O)O[C@@H](COC(=O)CCCCCCCCCCCCSC(C)=O)COP(=O)([O-])[O-].[Na+].[Na+]. The Hall–Kier alpha value is 1.07. The molecule has 0 saturated heterocycles. The number of unbranched alkanes of at least 4 members (excludes halogenated alkanes) is 16. The monoisotopic (exact) mass is 654 g/mol.